The fourth-order valence-electron chi connectivity index (χ4n) is 1.27. The van der Waals surface area contributed by atoms with Gasteiger partial charge in [-0.3, -0.25) is 0 Å². The summed E-state index contributed by atoms with van der Waals surface area (Å²) < 4.78 is 3.74. The molecule has 2 aromatic rings. The van der Waals surface area contributed by atoms with Crippen LogP contribution in [0, 0.1) is 0 Å². The second-order valence-corrected chi connectivity index (χ2v) is 6.33. The smallest absolute Gasteiger partial charge is 0.146 e. The van der Waals surface area contributed by atoms with Crippen molar-refractivity contribution in [2.45, 2.75) is 6.10 Å². The number of thiophene rings is 1. The Bertz CT molecular complexity index is 461. The Labute approximate surface area is 108 Å². The molecule has 2 rings (SSSR count). The van der Waals surface area contributed by atoms with Crippen LogP contribution in [0.5, 0.6) is 0 Å². The normalized spacial score (nSPS) is 13.1. The molecule has 0 aliphatic rings. The highest BCUT2D eigenvalue weighted by atomic mass is 79.9. The van der Waals surface area contributed by atoms with Gasteiger partial charge in [0.25, 0.3) is 0 Å². The van der Waals surface area contributed by atoms with Crippen LogP contribution in [0.15, 0.2) is 26.7 Å². The van der Waals surface area contributed by atoms with Gasteiger partial charge in [-0.2, -0.15) is 0 Å². The lowest BCUT2D eigenvalue weighted by Crippen LogP contribution is -2.05. The molecule has 0 spiro atoms. The third kappa shape index (κ3) is 2.18. The van der Waals surface area contributed by atoms with E-state index in [4.69, 9.17) is 0 Å². The highest BCUT2D eigenvalue weighted by molar-refractivity contribution is 9.13. The van der Waals surface area contributed by atoms with Crippen molar-refractivity contribution in [3.05, 3.63) is 37.4 Å². The van der Waals surface area contributed by atoms with Crippen LogP contribution in [-0.2, 0) is 7.05 Å². The van der Waals surface area contributed by atoms with E-state index in [2.05, 4.69) is 36.8 Å². The largest absolute Gasteiger partial charge is 0.380 e. The first kappa shape index (κ1) is 11.3. The average molecular weight is 352 g/mol. The van der Waals surface area contributed by atoms with Crippen LogP contribution in [-0.4, -0.2) is 14.7 Å². The van der Waals surface area contributed by atoms with Crippen molar-refractivity contribution in [3.8, 4) is 0 Å². The Kier molecular flexibility index (Phi) is 3.30. The van der Waals surface area contributed by atoms with E-state index in [9.17, 15) is 5.11 Å². The minimum absolute atomic E-state index is 0.649. The Morgan fingerprint density at radius 1 is 1.53 bits per heavy atom. The molecule has 6 heteroatoms. The van der Waals surface area contributed by atoms with Gasteiger partial charge in [-0.15, -0.1) is 11.3 Å². The summed E-state index contributed by atoms with van der Waals surface area (Å²) in [5.41, 5.74) is 0. The summed E-state index contributed by atoms with van der Waals surface area (Å²) in [7, 11) is 1.86. The number of aryl methyl sites for hydroxylation is 1. The average Bonchev–Trinajstić information content (AvgIpc) is 2.74. The van der Waals surface area contributed by atoms with E-state index in [0.29, 0.717) is 5.82 Å². The molecule has 0 amide bonds. The molecule has 0 aliphatic carbocycles. The number of rotatable bonds is 2. The molecule has 2 heterocycles. The van der Waals surface area contributed by atoms with E-state index in [1.54, 1.807) is 6.20 Å². The minimum Gasteiger partial charge on any atom is -0.380 e. The number of aromatic nitrogens is 2. The zero-order valence-corrected chi connectivity index (χ0v) is 11.8. The molecule has 1 unspecified atom stereocenters. The molecule has 0 bridgehead atoms. The first-order valence-electron chi connectivity index (χ1n) is 4.19. The number of aliphatic hydroxyl groups is 1. The molecule has 2 aromatic heterocycles. The van der Waals surface area contributed by atoms with Crippen molar-refractivity contribution in [2.24, 2.45) is 7.05 Å². The van der Waals surface area contributed by atoms with Gasteiger partial charge in [-0.25, -0.2) is 4.98 Å². The van der Waals surface area contributed by atoms with E-state index < -0.39 is 6.10 Å². The predicted octanol–water partition coefficient (Wildman–Crippen LogP) is 3.09. The molecular weight excluding hydrogens is 344 g/mol. The summed E-state index contributed by atoms with van der Waals surface area (Å²) in [5, 5.41) is 10.1. The molecule has 3 nitrogen and oxygen atoms in total. The van der Waals surface area contributed by atoms with Crippen LogP contribution >= 0.6 is 43.2 Å². The highest BCUT2D eigenvalue weighted by Crippen LogP contribution is 2.36. The number of halogens is 2. The maximum Gasteiger partial charge on any atom is 0.146 e. The molecule has 15 heavy (non-hydrogen) atoms. The second kappa shape index (κ2) is 4.37. The van der Waals surface area contributed by atoms with Gasteiger partial charge < -0.3 is 9.67 Å². The highest BCUT2D eigenvalue weighted by Gasteiger charge is 2.18. The summed E-state index contributed by atoms with van der Waals surface area (Å²) >= 11 is 8.29. The molecule has 0 aromatic carbocycles. The molecular formula is C9H8Br2N2OS. The standard InChI is InChI=1S/C9H8Br2N2OS/c1-13-3-2-12-9(13)7(14)6-4-5(10)8(11)15-6/h2-4,7,14H,1H3. The lowest BCUT2D eigenvalue weighted by atomic mass is 10.3. The molecule has 1 N–H and O–H groups in total. The number of nitrogens with zero attached hydrogens (tertiary/aromatic N) is 2. The Balaban J connectivity index is 2.36. The topological polar surface area (TPSA) is 38.0 Å². The van der Waals surface area contributed by atoms with Crippen LogP contribution < -0.4 is 0 Å². The van der Waals surface area contributed by atoms with Crippen LogP contribution in [0.25, 0.3) is 0 Å². The third-order valence-corrected chi connectivity index (χ3v) is 5.35. The van der Waals surface area contributed by atoms with Crippen molar-refractivity contribution in [1.29, 1.82) is 0 Å². The van der Waals surface area contributed by atoms with Gasteiger partial charge in [0.1, 0.15) is 11.9 Å². The van der Waals surface area contributed by atoms with Gasteiger partial charge in [0, 0.05) is 28.8 Å². The van der Waals surface area contributed by atoms with E-state index in [1.807, 2.05) is 23.9 Å². The summed E-state index contributed by atoms with van der Waals surface area (Å²) in [6.45, 7) is 0. The SMILES string of the molecule is Cn1ccnc1C(O)c1cc(Br)c(Br)s1. The zero-order chi connectivity index (χ0) is 11.0. The fourth-order valence-corrected chi connectivity index (χ4v) is 3.34. The number of imidazole rings is 1. The third-order valence-electron chi connectivity index (χ3n) is 2.04. The van der Waals surface area contributed by atoms with Gasteiger partial charge in [0.15, 0.2) is 0 Å². The lowest BCUT2D eigenvalue weighted by molar-refractivity contribution is 0.210. The number of aliphatic hydroxyl groups excluding tert-OH is 1. The van der Waals surface area contributed by atoms with Gasteiger partial charge in [0.2, 0.25) is 0 Å². The first-order chi connectivity index (χ1) is 7.09. The van der Waals surface area contributed by atoms with Crippen LogP contribution in [0.4, 0.5) is 0 Å². The van der Waals surface area contributed by atoms with E-state index in [-0.39, 0.29) is 0 Å². The Morgan fingerprint density at radius 3 is 2.73 bits per heavy atom. The Morgan fingerprint density at radius 2 is 2.27 bits per heavy atom. The monoisotopic (exact) mass is 350 g/mol. The van der Waals surface area contributed by atoms with Crippen molar-refractivity contribution in [3.63, 3.8) is 0 Å². The molecule has 80 valence electrons. The quantitative estimate of drug-likeness (QED) is 0.902. The lowest BCUT2D eigenvalue weighted by Gasteiger charge is -2.07. The first-order valence-corrected chi connectivity index (χ1v) is 6.60. The summed E-state index contributed by atoms with van der Waals surface area (Å²) in [6, 6.07) is 1.90. The summed E-state index contributed by atoms with van der Waals surface area (Å²) in [6.07, 6.45) is 2.82. The van der Waals surface area contributed by atoms with Gasteiger partial charge in [-0.05, 0) is 37.9 Å². The number of hydrogen-bond acceptors (Lipinski definition) is 3. The maximum atomic E-state index is 10.1. The molecule has 0 radical (unpaired) electrons. The van der Waals surface area contributed by atoms with E-state index in [1.165, 1.54) is 11.3 Å². The van der Waals surface area contributed by atoms with Gasteiger partial charge >= 0.3 is 0 Å². The fraction of sp³-hybridized carbons (Fsp3) is 0.222. The summed E-state index contributed by atoms with van der Waals surface area (Å²) in [4.78, 5) is 4.98. The second-order valence-electron chi connectivity index (χ2n) is 3.07. The predicted molar refractivity (Wildman–Crippen MR) is 67.0 cm³/mol. The van der Waals surface area contributed by atoms with Gasteiger partial charge in [0.05, 0.1) is 3.79 Å². The van der Waals surface area contributed by atoms with Crippen LogP contribution in [0.3, 0.4) is 0 Å². The van der Waals surface area contributed by atoms with Gasteiger partial charge in [-0.1, -0.05) is 0 Å². The molecule has 1 atom stereocenters. The van der Waals surface area contributed by atoms with Crippen molar-refractivity contribution in [2.75, 3.05) is 0 Å². The Hall–Kier alpha value is -0.170. The van der Waals surface area contributed by atoms with Crippen molar-refractivity contribution >= 4 is 43.2 Å². The maximum absolute atomic E-state index is 10.1. The van der Waals surface area contributed by atoms with Crippen molar-refractivity contribution < 1.29 is 5.11 Å². The van der Waals surface area contributed by atoms with Crippen LogP contribution in [0.1, 0.15) is 16.8 Å². The molecule has 0 saturated carbocycles. The molecule has 0 saturated heterocycles. The van der Waals surface area contributed by atoms with Crippen LogP contribution in [0.2, 0.25) is 0 Å². The minimum atomic E-state index is -0.669. The molecule has 0 aliphatic heterocycles. The van der Waals surface area contributed by atoms with E-state index in [0.717, 1.165) is 13.1 Å². The zero-order valence-electron chi connectivity index (χ0n) is 7.82. The summed E-state index contributed by atoms with van der Waals surface area (Å²) in [5.74, 6) is 0.649. The number of hydrogen-bond donors (Lipinski definition) is 1. The molecule has 0 fully saturated rings. The van der Waals surface area contributed by atoms with Crippen molar-refractivity contribution in [1.82, 2.24) is 9.55 Å². The van der Waals surface area contributed by atoms with E-state index >= 15 is 0 Å².